The van der Waals surface area contributed by atoms with Crippen LogP contribution < -0.4 is 0 Å². The zero-order valence-corrected chi connectivity index (χ0v) is 7.77. The van der Waals surface area contributed by atoms with E-state index in [9.17, 15) is 0 Å². The molecule has 11 heavy (non-hydrogen) atoms. The lowest BCUT2D eigenvalue weighted by Crippen LogP contribution is -1.93. The van der Waals surface area contributed by atoms with Crippen molar-refractivity contribution in [3.8, 4) is 6.07 Å². The first-order valence-electron chi connectivity index (χ1n) is 4.68. The Balaban J connectivity index is 3.10. The highest BCUT2D eigenvalue weighted by atomic mass is 14.2. The predicted octanol–water partition coefficient (Wildman–Crippen LogP) is 3.51. The van der Waals surface area contributed by atoms with Crippen LogP contribution in [0.15, 0.2) is 0 Å². The maximum Gasteiger partial charge on any atom is 0.0621 e. The van der Waals surface area contributed by atoms with Gasteiger partial charge in [-0.2, -0.15) is 5.26 Å². The van der Waals surface area contributed by atoms with Crippen molar-refractivity contribution in [2.24, 2.45) is 5.92 Å². The van der Waals surface area contributed by atoms with E-state index in [2.05, 4.69) is 19.9 Å². The van der Waals surface area contributed by atoms with Crippen molar-refractivity contribution in [3.05, 3.63) is 0 Å². The average Bonchev–Trinajstić information content (AvgIpc) is 2.01. The topological polar surface area (TPSA) is 23.8 Å². The summed E-state index contributed by atoms with van der Waals surface area (Å²) in [7, 11) is 0. The summed E-state index contributed by atoms with van der Waals surface area (Å²) in [6.45, 7) is 4.51. The van der Waals surface area contributed by atoms with Gasteiger partial charge < -0.3 is 0 Å². The lowest BCUT2D eigenvalue weighted by molar-refractivity contribution is 0.460. The van der Waals surface area contributed by atoms with E-state index in [1.54, 1.807) is 0 Å². The zero-order valence-electron chi connectivity index (χ0n) is 7.77. The molecular weight excluding hydrogens is 134 g/mol. The Morgan fingerprint density at radius 3 is 2.45 bits per heavy atom. The fraction of sp³-hybridized carbons (Fsp3) is 0.900. The fourth-order valence-corrected chi connectivity index (χ4v) is 1.23. The molecule has 1 nitrogen and oxygen atoms in total. The molecule has 64 valence electrons. The van der Waals surface area contributed by atoms with E-state index in [0.717, 1.165) is 18.8 Å². The van der Waals surface area contributed by atoms with Gasteiger partial charge in [0.2, 0.25) is 0 Å². The van der Waals surface area contributed by atoms with E-state index < -0.39 is 0 Å². The average molecular weight is 153 g/mol. The van der Waals surface area contributed by atoms with Crippen LogP contribution in [0, 0.1) is 17.2 Å². The number of hydrogen-bond acceptors (Lipinski definition) is 1. The highest BCUT2D eigenvalue weighted by Crippen LogP contribution is 2.14. The smallest absolute Gasteiger partial charge is 0.0621 e. The summed E-state index contributed by atoms with van der Waals surface area (Å²) in [4.78, 5) is 0. The van der Waals surface area contributed by atoms with Crippen LogP contribution in [0.3, 0.4) is 0 Å². The molecule has 0 aliphatic rings. The van der Waals surface area contributed by atoms with Gasteiger partial charge in [-0.15, -0.1) is 0 Å². The highest BCUT2D eigenvalue weighted by molar-refractivity contribution is 4.69. The number of nitrogens with zero attached hydrogens (tertiary/aromatic N) is 1. The molecule has 0 amide bonds. The summed E-state index contributed by atoms with van der Waals surface area (Å²) in [5, 5.41) is 8.31. The van der Waals surface area contributed by atoms with E-state index in [1.165, 1.54) is 25.7 Å². The fourth-order valence-electron chi connectivity index (χ4n) is 1.23. The molecule has 0 fully saturated rings. The van der Waals surface area contributed by atoms with Crippen molar-refractivity contribution in [2.45, 2.75) is 52.4 Å². The largest absolute Gasteiger partial charge is 0.198 e. The summed E-state index contributed by atoms with van der Waals surface area (Å²) >= 11 is 0. The van der Waals surface area contributed by atoms with E-state index in [-0.39, 0.29) is 0 Å². The molecule has 0 aromatic rings. The van der Waals surface area contributed by atoms with Crippen LogP contribution in [-0.4, -0.2) is 0 Å². The van der Waals surface area contributed by atoms with Crippen molar-refractivity contribution in [2.75, 3.05) is 0 Å². The van der Waals surface area contributed by atoms with Gasteiger partial charge in [0.05, 0.1) is 6.07 Å². The van der Waals surface area contributed by atoms with E-state index >= 15 is 0 Å². The van der Waals surface area contributed by atoms with Gasteiger partial charge in [0, 0.05) is 6.42 Å². The Morgan fingerprint density at radius 2 is 1.91 bits per heavy atom. The van der Waals surface area contributed by atoms with E-state index in [4.69, 9.17) is 5.26 Å². The molecule has 0 heterocycles. The Morgan fingerprint density at radius 1 is 1.27 bits per heavy atom. The van der Waals surface area contributed by atoms with Crippen LogP contribution in [0.2, 0.25) is 0 Å². The van der Waals surface area contributed by atoms with Gasteiger partial charge >= 0.3 is 0 Å². The van der Waals surface area contributed by atoms with Crippen molar-refractivity contribution >= 4 is 0 Å². The van der Waals surface area contributed by atoms with Crippen molar-refractivity contribution in [3.63, 3.8) is 0 Å². The number of hydrogen-bond donors (Lipinski definition) is 0. The number of nitriles is 1. The van der Waals surface area contributed by atoms with Gasteiger partial charge in [-0.05, 0) is 18.8 Å². The van der Waals surface area contributed by atoms with Crippen LogP contribution in [-0.2, 0) is 0 Å². The molecule has 0 aromatic heterocycles. The monoisotopic (exact) mass is 153 g/mol. The normalized spacial score (nSPS) is 12.5. The molecule has 0 bridgehead atoms. The molecule has 0 saturated heterocycles. The maximum absolute atomic E-state index is 8.31. The van der Waals surface area contributed by atoms with Crippen LogP contribution in [0.1, 0.15) is 52.4 Å². The summed E-state index contributed by atoms with van der Waals surface area (Å²) in [6, 6.07) is 2.18. The molecule has 0 spiro atoms. The molecular formula is C10H19N. The molecule has 0 N–H and O–H groups in total. The summed E-state index contributed by atoms with van der Waals surface area (Å²) in [5.74, 6) is 0.822. The zero-order chi connectivity index (χ0) is 8.53. The Hall–Kier alpha value is -0.510. The Kier molecular flexibility index (Phi) is 7.24. The van der Waals surface area contributed by atoms with Gasteiger partial charge in [-0.3, -0.25) is 0 Å². The SMILES string of the molecule is CCCC[C@@H](C)CCCC#N. The van der Waals surface area contributed by atoms with Gasteiger partial charge in [-0.25, -0.2) is 0 Å². The molecule has 1 heteroatoms. The quantitative estimate of drug-likeness (QED) is 0.536. The van der Waals surface area contributed by atoms with Gasteiger partial charge in [0.25, 0.3) is 0 Å². The van der Waals surface area contributed by atoms with Crippen LogP contribution >= 0.6 is 0 Å². The molecule has 0 aromatic carbocycles. The van der Waals surface area contributed by atoms with Gasteiger partial charge in [-0.1, -0.05) is 33.1 Å². The standard InChI is InChI=1S/C10H19N/c1-3-4-7-10(2)8-5-6-9-11/h10H,3-8H2,1-2H3/t10-/m1/s1. The minimum atomic E-state index is 0.733. The van der Waals surface area contributed by atoms with E-state index in [0.29, 0.717) is 0 Å². The third-order valence-corrected chi connectivity index (χ3v) is 2.04. The summed E-state index contributed by atoms with van der Waals surface area (Å²) in [6.07, 6.45) is 7.02. The number of rotatable bonds is 6. The third-order valence-electron chi connectivity index (χ3n) is 2.04. The predicted molar refractivity (Wildman–Crippen MR) is 48.2 cm³/mol. The first-order valence-corrected chi connectivity index (χ1v) is 4.68. The Bertz CT molecular complexity index is 113. The summed E-state index contributed by atoms with van der Waals surface area (Å²) in [5.41, 5.74) is 0. The van der Waals surface area contributed by atoms with Crippen LogP contribution in [0.25, 0.3) is 0 Å². The molecule has 0 unspecified atom stereocenters. The second-order valence-corrected chi connectivity index (χ2v) is 3.30. The highest BCUT2D eigenvalue weighted by Gasteiger charge is 1.99. The molecule has 0 radical (unpaired) electrons. The second kappa shape index (κ2) is 7.60. The first-order chi connectivity index (χ1) is 5.31. The Labute approximate surface area is 70.4 Å². The molecule has 0 saturated carbocycles. The van der Waals surface area contributed by atoms with E-state index in [1.807, 2.05) is 0 Å². The lowest BCUT2D eigenvalue weighted by atomic mass is 9.98. The molecule has 0 aliphatic heterocycles. The summed E-state index contributed by atoms with van der Waals surface area (Å²) < 4.78 is 0. The molecule has 0 rings (SSSR count). The third kappa shape index (κ3) is 7.39. The minimum absolute atomic E-state index is 0.733. The van der Waals surface area contributed by atoms with Crippen LogP contribution in [0.4, 0.5) is 0 Å². The first kappa shape index (κ1) is 10.5. The van der Waals surface area contributed by atoms with Crippen LogP contribution in [0.5, 0.6) is 0 Å². The number of unbranched alkanes of at least 4 members (excludes halogenated alkanes) is 2. The van der Waals surface area contributed by atoms with Crippen molar-refractivity contribution in [1.82, 2.24) is 0 Å². The minimum Gasteiger partial charge on any atom is -0.198 e. The van der Waals surface area contributed by atoms with Crippen molar-refractivity contribution < 1.29 is 0 Å². The van der Waals surface area contributed by atoms with Crippen molar-refractivity contribution in [1.29, 1.82) is 5.26 Å². The van der Waals surface area contributed by atoms with Gasteiger partial charge in [0.15, 0.2) is 0 Å². The lowest BCUT2D eigenvalue weighted by Gasteiger charge is -2.07. The second-order valence-electron chi connectivity index (χ2n) is 3.30. The molecule has 1 atom stereocenters. The van der Waals surface area contributed by atoms with Gasteiger partial charge in [0.1, 0.15) is 0 Å². The maximum atomic E-state index is 8.31. The molecule has 0 aliphatic carbocycles.